The molecule has 0 aliphatic heterocycles. The van der Waals surface area contributed by atoms with Gasteiger partial charge in [-0.15, -0.1) is 0 Å². The number of phenolic OH excluding ortho intramolecular Hbond substituents is 1. The highest BCUT2D eigenvalue weighted by Crippen LogP contribution is 2.15. The van der Waals surface area contributed by atoms with Crippen LogP contribution in [0.3, 0.4) is 0 Å². The predicted octanol–water partition coefficient (Wildman–Crippen LogP) is 3.14. The van der Waals surface area contributed by atoms with E-state index in [1.54, 1.807) is 18.2 Å². The van der Waals surface area contributed by atoms with E-state index in [4.69, 9.17) is 0 Å². The van der Waals surface area contributed by atoms with Crippen molar-refractivity contribution in [2.75, 3.05) is 0 Å². The average Bonchev–Trinajstić information content (AvgIpc) is 2.51. The smallest absolute Gasteiger partial charge is 0.339 e. The van der Waals surface area contributed by atoms with Gasteiger partial charge >= 0.3 is 5.97 Å². The maximum Gasteiger partial charge on any atom is 0.339 e. The number of allylic oxidation sites excluding steroid dienone is 1. The van der Waals surface area contributed by atoms with Gasteiger partial charge in [-0.3, -0.25) is 4.79 Å². The Hall–Kier alpha value is -3.14. The van der Waals surface area contributed by atoms with Gasteiger partial charge in [0.15, 0.2) is 5.78 Å². The first-order valence-electron chi connectivity index (χ1n) is 6.58. The Morgan fingerprint density at radius 2 is 1.59 bits per heavy atom. The SMILES string of the molecule is O=C(O)C(=Cc1cccc(O)c1)C(=O)C=Cc1ccccc1. The van der Waals surface area contributed by atoms with E-state index in [0.29, 0.717) is 5.56 Å². The van der Waals surface area contributed by atoms with Gasteiger partial charge in [-0.2, -0.15) is 0 Å². The molecule has 2 aromatic rings. The van der Waals surface area contributed by atoms with Crippen molar-refractivity contribution in [1.82, 2.24) is 0 Å². The molecule has 0 amide bonds. The molecule has 0 atom stereocenters. The van der Waals surface area contributed by atoms with Crippen LogP contribution in [0, 0.1) is 0 Å². The van der Waals surface area contributed by atoms with Crippen molar-refractivity contribution >= 4 is 23.9 Å². The van der Waals surface area contributed by atoms with Gasteiger partial charge < -0.3 is 10.2 Å². The van der Waals surface area contributed by atoms with Crippen LogP contribution in [0.15, 0.2) is 66.2 Å². The van der Waals surface area contributed by atoms with Crippen molar-refractivity contribution in [3.8, 4) is 5.75 Å². The molecule has 0 unspecified atom stereocenters. The van der Waals surface area contributed by atoms with Crippen molar-refractivity contribution in [1.29, 1.82) is 0 Å². The Balaban J connectivity index is 2.26. The fourth-order valence-electron chi connectivity index (χ4n) is 1.85. The third-order valence-corrected chi connectivity index (χ3v) is 2.90. The lowest BCUT2D eigenvalue weighted by atomic mass is 10.1. The van der Waals surface area contributed by atoms with Gasteiger partial charge in [-0.25, -0.2) is 4.79 Å². The molecule has 2 rings (SSSR count). The van der Waals surface area contributed by atoms with Gasteiger partial charge in [0.25, 0.3) is 0 Å². The van der Waals surface area contributed by atoms with E-state index in [1.807, 2.05) is 30.3 Å². The minimum Gasteiger partial charge on any atom is -0.508 e. The number of carboxylic acid groups (broad SMARTS) is 1. The topological polar surface area (TPSA) is 74.6 Å². The summed E-state index contributed by atoms with van der Waals surface area (Å²) in [5, 5.41) is 18.6. The number of carboxylic acids is 1. The lowest BCUT2D eigenvalue weighted by Gasteiger charge is -2.00. The normalized spacial score (nSPS) is 11.5. The van der Waals surface area contributed by atoms with Gasteiger partial charge in [-0.1, -0.05) is 48.5 Å². The standard InChI is InChI=1S/C18H14O4/c19-15-8-4-7-14(11-15)12-16(18(21)22)17(20)10-9-13-5-2-1-3-6-13/h1-12,19H,(H,21,22). The zero-order valence-corrected chi connectivity index (χ0v) is 11.6. The van der Waals surface area contributed by atoms with E-state index in [9.17, 15) is 19.8 Å². The van der Waals surface area contributed by atoms with Crippen LogP contribution >= 0.6 is 0 Å². The van der Waals surface area contributed by atoms with Crippen molar-refractivity contribution in [2.24, 2.45) is 0 Å². The second kappa shape index (κ2) is 7.04. The number of carbonyl (C=O) groups is 2. The van der Waals surface area contributed by atoms with Crippen LogP contribution in [0.25, 0.3) is 12.2 Å². The van der Waals surface area contributed by atoms with Gasteiger partial charge in [0.2, 0.25) is 0 Å². The van der Waals surface area contributed by atoms with E-state index in [2.05, 4.69) is 0 Å². The summed E-state index contributed by atoms with van der Waals surface area (Å²) >= 11 is 0. The summed E-state index contributed by atoms with van der Waals surface area (Å²) in [5.41, 5.74) is 0.884. The van der Waals surface area contributed by atoms with E-state index in [-0.39, 0.29) is 11.3 Å². The first kappa shape index (κ1) is 15.3. The zero-order chi connectivity index (χ0) is 15.9. The molecule has 110 valence electrons. The van der Waals surface area contributed by atoms with E-state index >= 15 is 0 Å². The van der Waals surface area contributed by atoms with Crippen molar-refractivity contribution in [3.63, 3.8) is 0 Å². The summed E-state index contributed by atoms with van der Waals surface area (Å²) in [6.45, 7) is 0. The van der Waals surface area contributed by atoms with Crippen LogP contribution in [0.5, 0.6) is 5.75 Å². The first-order valence-corrected chi connectivity index (χ1v) is 6.58. The number of hydrogen-bond donors (Lipinski definition) is 2. The number of rotatable bonds is 5. The quantitative estimate of drug-likeness (QED) is 0.504. The van der Waals surface area contributed by atoms with Gasteiger partial charge in [0, 0.05) is 0 Å². The summed E-state index contributed by atoms with van der Waals surface area (Å²) in [6, 6.07) is 15.2. The monoisotopic (exact) mass is 294 g/mol. The van der Waals surface area contributed by atoms with Crippen LogP contribution in [-0.2, 0) is 9.59 Å². The third-order valence-electron chi connectivity index (χ3n) is 2.90. The number of aromatic hydroxyl groups is 1. The Bertz CT molecular complexity index is 743. The summed E-state index contributed by atoms with van der Waals surface area (Å²) in [7, 11) is 0. The van der Waals surface area contributed by atoms with Crippen LogP contribution in [0.1, 0.15) is 11.1 Å². The van der Waals surface area contributed by atoms with Gasteiger partial charge in [-0.05, 0) is 35.4 Å². The maximum absolute atomic E-state index is 12.0. The molecular weight excluding hydrogens is 280 g/mol. The second-order valence-electron chi connectivity index (χ2n) is 4.57. The van der Waals surface area contributed by atoms with Gasteiger partial charge in [0.05, 0.1) is 0 Å². The highest BCUT2D eigenvalue weighted by Gasteiger charge is 2.14. The zero-order valence-electron chi connectivity index (χ0n) is 11.6. The number of benzene rings is 2. The third kappa shape index (κ3) is 4.18. The second-order valence-corrected chi connectivity index (χ2v) is 4.57. The lowest BCUT2D eigenvalue weighted by molar-refractivity contribution is -0.133. The molecule has 0 spiro atoms. The minimum atomic E-state index is -1.31. The molecular formula is C18H14O4. The molecule has 2 N–H and O–H groups in total. The Morgan fingerprint density at radius 1 is 0.909 bits per heavy atom. The Morgan fingerprint density at radius 3 is 2.23 bits per heavy atom. The van der Waals surface area contributed by atoms with Crippen molar-refractivity contribution in [3.05, 3.63) is 77.4 Å². The van der Waals surface area contributed by atoms with E-state index in [1.165, 1.54) is 24.3 Å². The molecule has 0 saturated carbocycles. The molecule has 0 radical (unpaired) electrons. The number of carbonyl (C=O) groups excluding carboxylic acids is 1. The maximum atomic E-state index is 12.0. The molecule has 0 fully saturated rings. The Kier molecular flexibility index (Phi) is 4.88. The Labute approximate surface area is 127 Å². The molecule has 22 heavy (non-hydrogen) atoms. The first-order chi connectivity index (χ1) is 10.6. The number of ketones is 1. The predicted molar refractivity (Wildman–Crippen MR) is 84.2 cm³/mol. The summed E-state index contributed by atoms with van der Waals surface area (Å²) < 4.78 is 0. The highest BCUT2D eigenvalue weighted by atomic mass is 16.4. The van der Waals surface area contributed by atoms with Crippen LogP contribution in [-0.4, -0.2) is 22.0 Å². The highest BCUT2D eigenvalue weighted by molar-refractivity contribution is 6.25. The lowest BCUT2D eigenvalue weighted by Crippen LogP contribution is -2.09. The van der Waals surface area contributed by atoms with Gasteiger partial charge in [0.1, 0.15) is 11.3 Å². The molecule has 0 saturated heterocycles. The minimum absolute atomic E-state index is 0.00534. The number of phenols is 1. The summed E-state index contributed by atoms with van der Waals surface area (Å²) in [6.07, 6.45) is 4.01. The molecule has 2 aromatic carbocycles. The average molecular weight is 294 g/mol. The number of hydrogen-bond acceptors (Lipinski definition) is 3. The molecule has 0 aliphatic rings. The summed E-state index contributed by atoms with van der Waals surface area (Å²) in [5.74, 6) is -1.92. The van der Waals surface area contributed by atoms with Crippen LogP contribution in [0.4, 0.5) is 0 Å². The fourth-order valence-corrected chi connectivity index (χ4v) is 1.85. The molecule has 0 aromatic heterocycles. The molecule has 0 bridgehead atoms. The van der Waals surface area contributed by atoms with E-state index < -0.39 is 11.8 Å². The molecule has 0 aliphatic carbocycles. The molecule has 4 nitrogen and oxygen atoms in total. The number of aliphatic carboxylic acids is 1. The fraction of sp³-hybridized carbons (Fsp3) is 0. The van der Waals surface area contributed by atoms with Crippen molar-refractivity contribution in [2.45, 2.75) is 0 Å². The van der Waals surface area contributed by atoms with Crippen LogP contribution in [0.2, 0.25) is 0 Å². The van der Waals surface area contributed by atoms with Crippen molar-refractivity contribution < 1.29 is 19.8 Å². The molecule has 4 heteroatoms. The molecule has 0 heterocycles. The van der Waals surface area contributed by atoms with Crippen LogP contribution < -0.4 is 0 Å². The van der Waals surface area contributed by atoms with E-state index in [0.717, 1.165) is 5.56 Å². The largest absolute Gasteiger partial charge is 0.508 e. The summed E-state index contributed by atoms with van der Waals surface area (Å²) in [4.78, 5) is 23.3.